The van der Waals surface area contributed by atoms with Crippen LogP contribution in [-0.2, 0) is 12.7 Å². The van der Waals surface area contributed by atoms with E-state index < -0.39 is 17.6 Å². The van der Waals surface area contributed by atoms with Gasteiger partial charge in [-0.25, -0.2) is 9.37 Å². The number of benzene rings is 3. The topological polar surface area (TPSA) is 27.1 Å². The molecule has 0 saturated heterocycles. The Bertz CT molecular complexity index is 1160. The van der Waals surface area contributed by atoms with Crippen LogP contribution in [0, 0.1) is 5.82 Å². The molecule has 1 heterocycles. The van der Waals surface area contributed by atoms with Crippen molar-refractivity contribution >= 4 is 11.0 Å². The second kappa shape index (κ2) is 7.24. The summed E-state index contributed by atoms with van der Waals surface area (Å²) in [6, 6.07) is 16.5. The zero-order chi connectivity index (χ0) is 20.6. The van der Waals surface area contributed by atoms with Gasteiger partial charge >= 0.3 is 6.18 Å². The molecule has 0 radical (unpaired) electrons. The molecule has 29 heavy (non-hydrogen) atoms. The Morgan fingerprint density at radius 3 is 2.31 bits per heavy atom. The lowest BCUT2D eigenvalue weighted by molar-refractivity contribution is -0.137. The summed E-state index contributed by atoms with van der Waals surface area (Å²) in [5, 5.41) is 0. The number of hydrogen-bond donors (Lipinski definition) is 0. The molecule has 0 bridgehead atoms. The zero-order valence-electron chi connectivity index (χ0n) is 15.4. The monoisotopic (exact) mass is 400 g/mol. The number of halogens is 4. The predicted molar refractivity (Wildman–Crippen MR) is 102 cm³/mol. The van der Waals surface area contributed by atoms with E-state index in [0.717, 1.165) is 12.1 Å². The van der Waals surface area contributed by atoms with Gasteiger partial charge in [-0.05, 0) is 42.0 Å². The Labute approximate surface area is 164 Å². The van der Waals surface area contributed by atoms with Crippen LogP contribution in [0.1, 0.15) is 11.1 Å². The normalized spacial score (nSPS) is 11.8. The molecule has 0 atom stereocenters. The van der Waals surface area contributed by atoms with Crippen molar-refractivity contribution in [1.82, 2.24) is 9.55 Å². The lowest BCUT2D eigenvalue weighted by Crippen LogP contribution is -2.06. The summed E-state index contributed by atoms with van der Waals surface area (Å²) in [6.07, 6.45) is -4.40. The third-order valence-corrected chi connectivity index (χ3v) is 4.70. The molecule has 0 unspecified atom stereocenters. The number of nitrogens with zero attached hydrogens (tertiary/aromatic N) is 2. The van der Waals surface area contributed by atoms with Gasteiger partial charge in [0, 0.05) is 6.54 Å². The average Bonchev–Trinajstić information content (AvgIpc) is 3.06. The molecule has 0 fully saturated rings. The van der Waals surface area contributed by atoms with Crippen molar-refractivity contribution in [2.45, 2.75) is 12.7 Å². The average molecular weight is 400 g/mol. The number of aromatic nitrogens is 2. The van der Waals surface area contributed by atoms with E-state index in [9.17, 15) is 17.6 Å². The SMILES string of the molecule is COc1cccc2c1nc(-c1ccccc1F)n2Cc1ccc(C(F)(F)F)cc1. The fourth-order valence-corrected chi connectivity index (χ4v) is 3.28. The quantitative estimate of drug-likeness (QED) is 0.398. The number of ether oxygens (including phenoxy) is 1. The van der Waals surface area contributed by atoms with Gasteiger partial charge in [-0.3, -0.25) is 0 Å². The fourth-order valence-electron chi connectivity index (χ4n) is 3.28. The maximum absolute atomic E-state index is 14.5. The molecular formula is C22H16F4N2O. The van der Waals surface area contributed by atoms with Gasteiger partial charge < -0.3 is 9.30 Å². The molecule has 1 aromatic heterocycles. The lowest BCUT2D eigenvalue weighted by atomic mass is 10.1. The van der Waals surface area contributed by atoms with Crippen LogP contribution in [0.25, 0.3) is 22.4 Å². The van der Waals surface area contributed by atoms with Gasteiger partial charge in [0.2, 0.25) is 0 Å². The van der Waals surface area contributed by atoms with Crippen LogP contribution in [0.5, 0.6) is 5.75 Å². The molecule has 0 amide bonds. The number of rotatable bonds is 4. The van der Waals surface area contributed by atoms with Crippen molar-refractivity contribution in [2.75, 3.05) is 7.11 Å². The van der Waals surface area contributed by atoms with Crippen molar-refractivity contribution in [3.8, 4) is 17.1 Å². The van der Waals surface area contributed by atoms with Crippen LogP contribution in [-0.4, -0.2) is 16.7 Å². The minimum Gasteiger partial charge on any atom is -0.494 e. The molecule has 4 rings (SSSR count). The molecule has 0 aliphatic heterocycles. The summed E-state index contributed by atoms with van der Waals surface area (Å²) in [5.41, 5.74) is 1.48. The first-order valence-corrected chi connectivity index (χ1v) is 8.83. The number of fused-ring (bicyclic) bond motifs is 1. The molecule has 0 N–H and O–H groups in total. The summed E-state index contributed by atoms with van der Waals surface area (Å²) in [5.74, 6) is 0.476. The van der Waals surface area contributed by atoms with Crippen LogP contribution in [0.2, 0.25) is 0 Å². The highest BCUT2D eigenvalue weighted by molar-refractivity contribution is 5.86. The smallest absolute Gasteiger partial charge is 0.416 e. The van der Waals surface area contributed by atoms with Gasteiger partial charge in [0.15, 0.2) is 0 Å². The van der Waals surface area contributed by atoms with Crippen LogP contribution in [0.4, 0.5) is 17.6 Å². The molecular weight excluding hydrogens is 384 g/mol. The van der Waals surface area contributed by atoms with Crippen molar-refractivity contribution < 1.29 is 22.3 Å². The molecule has 148 valence electrons. The number of alkyl halides is 3. The van der Waals surface area contributed by atoms with Gasteiger partial charge in [0.05, 0.1) is 23.8 Å². The highest BCUT2D eigenvalue weighted by atomic mass is 19.4. The first kappa shape index (κ1) is 19.0. The van der Waals surface area contributed by atoms with Gasteiger partial charge in [0.25, 0.3) is 0 Å². The molecule has 7 heteroatoms. The molecule has 0 spiro atoms. The van der Waals surface area contributed by atoms with Crippen LogP contribution in [0.3, 0.4) is 0 Å². The minimum atomic E-state index is -4.40. The largest absolute Gasteiger partial charge is 0.494 e. The van der Waals surface area contributed by atoms with Crippen molar-refractivity contribution in [3.63, 3.8) is 0 Å². The van der Waals surface area contributed by atoms with E-state index in [1.165, 1.54) is 25.3 Å². The van der Waals surface area contributed by atoms with Crippen molar-refractivity contribution in [2.24, 2.45) is 0 Å². The third-order valence-electron chi connectivity index (χ3n) is 4.70. The number of hydrogen-bond acceptors (Lipinski definition) is 2. The van der Waals surface area contributed by atoms with E-state index in [2.05, 4.69) is 4.98 Å². The minimum absolute atomic E-state index is 0.228. The maximum atomic E-state index is 14.5. The van der Waals surface area contributed by atoms with E-state index in [1.807, 2.05) is 6.07 Å². The van der Waals surface area contributed by atoms with Gasteiger partial charge in [-0.1, -0.05) is 30.3 Å². The fraction of sp³-hybridized carbons (Fsp3) is 0.136. The molecule has 0 aliphatic carbocycles. The van der Waals surface area contributed by atoms with E-state index in [-0.39, 0.29) is 6.54 Å². The molecule has 3 aromatic carbocycles. The lowest BCUT2D eigenvalue weighted by Gasteiger charge is -2.12. The molecule has 0 saturated carbocycles. The Kier molecular flexibility index (Phi) is 4.74. The Morgan fingerprint density at radius 2 is 1.66 bits per heavy atom. The summed E-state index contributed by atoms with van der Waals surface area (Å²) in [6.45, 7) is 0.228. The second-order valence-electron chi connectivity index (χ2n) is 6.52. The van der Waals surface area contributed by atoms with E-state index in [1.54, 1.807) is 34.9 Å². The Morgan fingerprint density at radius 1 is 0.931 bits per heavy atom. The highest BCUT2D eigenvalue weighted by Gasteiger charge is 2.30. The summed E-state index contributed by atoms with van der Waals surface area (Å²) >= 11 is 0. The summed E-state index contributed by atoms with van der Waals surface area (Å²) < 4.78 is 60.2. The second-order valence-corrected chi connectivity index (χ2v) is 6.52. The van der Waals surface area contributed by atoms with Gasteiger partial charge in [-0.15, -0.1) is 0 Å². The number of imidazole rings is 1. The third kappa shape index (κ3) is 3.55. The number of methoxy groups -OCH3 is 1. The van der Waals surface area contributed by atoms with E-state index >= 15 is 0 Å². The summed E-state index contributed by atoms with van der Waals surface area (Å²) in [4.78, 5) is 4.59. The zero-order valence-corrected chi connectivity index (χ0v) is 15.4. The maximum Gasteiger partial charge on any atom is 0.416 e. The van der Waals surface area contributed by atoms with Crippen LogP contribution in [0.15, 0.2) is 66.7 Å². The highest BCUT2D eigenvalue weighted by Crippen LogP contribution is 2.33. The molecule has 4 aromatic rings. The first-order chi connectivity index (χ1) is 13.9. The number of para-hydroxylation sites is 1. The summed E-state index contributed by atoms with van der Waals surface area (Å²) in [7, 11) is 1.52. The standard InChI is InChI=1S/C22H16F4N2O/c1-29-19-8-4-7-18-20(19)27-21(16-5-2-3-6-17(16)23)28(18)13-14-9-11-15(12-10-14)22(24,25)26/h2-12H,13H2,1H3. The predicted octanol–water partition coefficient (Wildman–Crippen LogP) is 5.92. The Balaban J connectivity index is 1.86. The van der Waals surface area contributed by atoms with Gasteiger partial charge in [0.1, 0.15) is 22.9 Å². The van der Waals surface area contributed by atoms with E-state index in [4.69, 9.17) is 4.74 Å². The van der Waals surface area contributed by atoms with Crippen LogP contribution >= 0.6 is 0 Å². The van der Waals surface area contributed by atoms with Gasteiger partial charge in [-0.2, -0.15) is 13.2 Å². The molecule has 3 nitrogen and oxygen atoms in total. The van der Waals surface area contributed by atoms with E-state index in [0.29, 0.717) is 33.7 Å². The van der Waals surface area contributed by atoms with Crippen molar-refractivity contribution in [1.29, 1.82) is 0 Å². The van der Waals surface area contributed by atoms with Crippen LogP contribution < -0.4 is 4.74 Å². The Hall–Kier alpha value is -3.35. The van der Waals surface area contributed by atoms with Crippen molar-refractivity contribution in [3.05, 3.63) is 83.7 Å². The molecule has 0 aliphatic rings. The first-order valence-electron chi connectivity index (χ1n) is 8.83.